The summed E-state index contributed by atoms with van der Waals surface area (Å²) in [5.74, 6) is -0.775. The number of nitrogens with one attached hydrogen (secondary N) is 2. The number of halogens is 1. The predicted octanol–water partition coefficient (Wildman–Crippen LogP) is 4.99. The Morgan fingerprint density at radius 3 is 2.40 bits per heavy atom. The van der Waals surface area contributed by atoms with Crippen LogP contribution >= 0.6 is 11.6 Å². The Hall–Kier alpha value is -3.71. The van der Waals surface area contributed by atoms with Gasteiger partial charge in [0.25, 0.3) is 17.5 Å². The SMILES string of the molecule is CC(NC(=O)c1cc([N+](=O)[O-])ccc1Cl)c1cccc(NC(=O)c2ccccc2)c1. The number of carbonyl (C=O) groups is 2. The first-order valence-electron chi connectivity index (χ1n) is 9.06. The van der Waals surface area contributed by atoms with Crippen molar-refractivity contribution in [1.29, 1.82) is 0 Å². The maximum absolute atomic E-state index is 12.6. The van der Waals surface area contributed by atoms with Crippen molar-refractivity contribution >= 4 is 34.8 Å². The van der Waals surface area contributed by atoms with E-state index in [0.717, 1.165) is 11.6 Å². The predicted molar refractivity (Wildman–Crippen MR) is 115 cm³/mol. The molecule has 30 heavy (non-hydrogen) atoms. The molecule has 0 aliphatic rings. The lowest BCUT2D eigenvalue weighted by Gasteiger charge is -2.16. The molecule has 3 aromatic rings. The third-order valence-corrected chi connectivity index (χ3v) is 4.76. The fraction of sp³-hybridized carbons (Fsp3) is 0.0909. The third-order valence-electron chi connectivity index (χ3n) is 4.43. The molecule has 0 saturated heterocycles. The van der Waals surface area contributed by atoms with Crippen LogP contribution in [0.1, 0.15) is 39.2 Å². The molecule has 0 aliphatic carbocycles. The van der Waals surface area contributed by atoms with Crippen molar-refractivity contribution in [3.63, 3.8) is 0 Å². The van der Waals surface area contributed by atoms with Gasteiger partial charge in [-0.05, 0) is 42.8 Å². The average molecular weight is 424 g/mol. The molecule has 0 radical (unpaired) electrons. The maximum atomic E-state index is 12.6. The van der Waals surface area contributed by atoms with E-state index in [9.17, 15) is 19.7 Å². The summed E-state index contributed by atoms with van der Waals surface area (Å²) in [6.45, 7) is 1.77. The minimum Gasteiger partial charge on any atom is -0.345 e. The molecule has 0 aliphatic heterocycles. The lowest BCUT2D eigenvalue weighted by atomic mass is 10.1. The van der Waals surface area contributed by atoms with E-state index < -0.39 is 16.9 Å². The Kier molecular flexibility index (Phi) is 6.44. The van der Waals surface area contributed by atoms with Crippen LogP contribution in [-0.2, 0) is 0 Å². The number of benzene rings is 3. The number of amides is 2. The van der Waals surface area contributed by atoms with Crippen molar-refractivity contribution in [2.24, 2.45) is 0 Å². The summed E-state index contributed by atoms with van der Waals surface area (Å²) in [5, 5.41) is 16.7. The zero-order valence-electron chi connectivity index (χ0n) is 16.0. The summed E-state index contributed by atoms with van der Waals surface area (Å²) >= 11 is 6.04. The molecule has 3 aromatic carbocycles. The molecule has 0 aromatic heterocycles. The quantitative estimate of drug-likeness (QED) is 0.430. The number of carbonyl (C=O) groups excluding carboxylic acids is 2. The molecule has 3 rings (SSSR count). The van der Waals surface area contributed by atoms with Gasteiger partial charge in [0.15, 0.2) is 0 Å². The second-order valence-electron chi connectivity index (χ2n) is 6.56. The second-order valence-corrected chi connectivity index (χ2v) is 6.97. The van der Waals surface area contributed by atoms with E-state index >= 15 is 0 Å². The van der Waals surface area contributed by atoms with Crippen molar-refractivity contribution in [2.75, 3.05) is 5.32 Å². The number of hydrogen-bond donors (Lipinski definition) is 2. The van der Waals surface area contributed by atoms with E-state index in [0.29, 0.717) is 11.3 Å². The van der Waals surface area contributed by atoms with Crippen molar-refractivity contribution in [2.45, 2.75) is 13.0 Å². The van der Waals surface area contributed by atoms with E-state index in [-0.39, 0.29) is 22.2 Å². The van der Waals surface area contributed by atoms with Crippen LogP contribution in [0.2, 0.25) is 5.02 Å². The zero-order chi connectivity index (χ0) is 21.7. The molecule has 1 atom stereocenters. The molecule has 0 heterocycles. The topological polar surface area (TPSA) is 101 Å². The average Bonchev–Trinajstić information content (AvgIpc) is 2.74. The molecule has 7 nitrogen and oxygen atoms in total. The maximum Gasteiger partial charge on any atom is 0.270 e. The van der Waals surface area contributed by atoms with Crippen LogP contribution in [0.5, 0.6) is 0 Å². The molecule has 2 N–H and O–H groups in total. The normalized spacial score (nSPS) is 11.4. The smallest absolute Gasteiger partial charge is 0.270 e. The molecule has 0 spiro atoms. The highest BCUT2D eigenvalue weighted by atomic mass is 35.5. The zero-order valence-corrected chi connectivity index (χ0v) is 16.7. The number of nitro groups is 1. The minimum atomic E-state index is -0.588. The second kappa shape index (κ2) is 9.19. The summed E-state index contributed by atoms with van der Waals surface area (Å²) in [6.07, 6.45) is 0. The highest BCUT2D eigenvalue weighted by molar-refractivity contribution is 6.34. The highest BCUT2D eigenvalue weighted by Crippen LogP contribution is 2.24. The van der Waals surface area contributed by atoms with Crippen molar-refractivity contribution in [3.05, 3.63) is 105 Å². The molecular weight excluding hydrogens is 406 g/mol. The third kappa shape index (κ3) is 5.01. The molecule has 0 saturated carbocycles. The Morgan fingerprint density at radius 1 is 0.967 bits per heavy atom. The van der Waals surface area contributed by atoms with Crippen LogP contribution in [0.3, 0.4) is 0 Å². The first-order valence-corrected chi connectivity index (χ1v) is 9.44. The van der Waals surface area contributed by atoms with Gasteiger partial charge in [0.2, 0.25) is 0 Å². The van der Waals surface area contributed by atoms with E-state index in [1.807, 2.05) is 6.07 Å². The van der Waals surface area contributed by atoms with Gasteiger partial charge < -0.3 is 10.6 Å². The van der Waals surface area contributed by atoms with Gasteiger partial charge in [-0.25, -0.2) is 0 Å². The van der Waals surface area contributed by atoms with Gasteiger partial charge in [-0.3, -0.25) is 19.7 Å². The Bertz CT molecular complexity index is 1100. The number of hydrogen-bond acceptors (Lipinski definition) is 4. The van der Waals surface area contributed by atoms with Crippen molar-refractivity contribution in [1.82, 2.24) is 5.32 Å². The molecule has 1 unspecified atom stereocenters. The van der Waals surface area contributed by atoms with E-state index in [1.165, 1.54) is 12.1 Å². The van der Waals surface area contributed by atoms with E-state index in [1.54, 1.807) is 55.5 Å². The first kappa shape index (κ1) is 21.0. The van der Waals surface area contributed by atoms with Crippen molar-refractivity contribution in [3.8, 4) is 0 Å². The monoisotopic (exact) mass is 423 g/mol. The number of anilines is 1. The number of nitro benzene ring substituents is 1. The standard InChI is InChI=1S/C22H18ClN3O4/c1-14(24-22(28)19-13-18(26(29)30)10-11-20(19)23)16-8-5-9-17(12-16)25-21(27)15-6-3-2-4-7-15/h2-14H,1H3,(H,24,28)(H,25,27). The first-order chi connectivity index (χ1) is 14.3. The van der Waals surface area contributed by atoms with E-state index in [2.05, 4.69) is 10.6 Å². The Balaban J connectivity index is 1.73. The Morgan fingerprint density at radius 2 is 1.70 bits per heavy atom. The molecule has 0 bridgehead atoms. The van der Waals surface area contributed by atoms with Crippen LogP contribution in [0.15, 0.2) is 72.8 Å². The van der Waals surface area contributed by atoms with Gasteiger partial charge >= 0.3 is 0 Å². The number of non-ortho nitro benzene ring substituents is 1. The molecular formula is C22H18ClN3O4. The van der Waals surface area contributed by atoms with Crippen LogP contribution in [0.4, 0.5) is 11.4 Å². The highest BCUT2D eigenvalue weighted by Gasteiger charge is 2.18. The minimum absolute atomic E-state index is 0.0197. The van der Waals surface area contributed by atoms with Gasteiger partial charge in [0.1, 0.15) is 0 Å². The summed E-state index contributed by atoms with van der Waals surface area (Å²) in [4.78, 5) is 35.3. The largest absolute Gasteiger partial charge is 0.345 e. The summed E-state index contributed by atoms with van der Waals surface area (Å²) < 4.78 is 0. The van der Waals surface area contributed by atoms with Crippen LogP contribution in [0.25, 0.3) is 0 Å². The molecule has 8 heteroatoms. The van der Waals surface area contributed by atoms with Gasteiger partial charge in [0, 0.05) is 23.4 Å². The van der Waals surface area contributed by atoms with Gasteiger partial charge in [0.05, 0.1) is 21.6 Å². The van der Waals surface area contributed by atoms with Gasteiger partial charge in [-0.2, -0.15) is 0 Å². The fourth-order valence-corrected chi connectivity index (χ4v) is 3.04. The summed E-state index contributed by atoms with van der Waals surface area (Å²) in [7, 11) is 0. The van der Waals surface area contributed by atoms with Crippen LogP contribution < -0.4 is 10.6 Å². The number of rotatable bonds is 6. The summed E-state index contributed by atoms with van der Waals surface area (Å²) in [6, 6.07) is 19.1. The molecule has 0 fully saturated rings. The lowest BCUT2D eigenvalue weighted by molar-refractivity contribution is -0.384. The molecule has 152 valence electrons. The fourth-order valence-electron chi connectivity index (χ4n) is 2.84. The van der Waals surface area contributed by atoms with Gasteiger partial charge in [-0.15, -0.1) is 0 Å². The number of nitrogens with zero attached hydrogens (tertiary/aromatic N) is 1. The van der Waals surface area contributed by atoms with Crippen LogP contribution in [-0.4, -0.2) is 16.7 Å². The van der Waals surface area contributed by atoms with Crippen molar-refractivity contribution < 1.29 is 14.5 Å². The summed E-state index contributed by atoms with van der Waals surface area (Å²) in [5.41, 5.74) is 1.66. The lowest BCUT2D eigenvalue weighted by Crippen LogP contribution is -2.27. The van der Waals surface area contributed by atoms with Gasteiger partial charge in [-0.1, -0.05) is 41.9 Å². The van der Waals surface area contributed by atoms with Crippen LogP contribution in [0, 0.1) is 10.1 Å². The van der Waals surface area contributed by atoms with E-state index in [4.69, 9.17) is 11.6 Å². The Labute approximate surface area is 177 Å². The molecule has 2 amide bonds.